The van der Waals surface area contributed by atoms with Crippen LogP contribution in [-0.2, 0) is 9.47 Å². The minimum absolute atomic E-state index is 0.276. The van der Waals surface area contributed by atoms with Gasteiger partial charge in [0.15, 0.2) is 0 Å². The van der Waals surface area contributed by atoms with Crippen LogP contribution in [0, 0.1) is 5.92 Å². The van der Waals surface area contributed by atoms with Crippen molar-refractivity contribution >= 4 is 0 Å². The molecule has 21 heavy (non-hydrogen) atoms. The van der Waals surface area contributed by atoms with Crippen molar-refractivity contribution in [3.63, 3.8) is 0 Å². The van der Waals surface area contributed by atoms with Gasteiger partial charge in [0.2, 0.25) is 0 Å². The molecule has 0 aromatic rings. The van der Waals surface area contributed by atoms with Crippen molar-refractivity contribution in [2.24, 2.45) is 5.92 Å². The van der Waals surface area contributed by atoms with Gasteiger partial charge in [0, 0.05) is 25.8 Å². The lowest BCUT2D eigenvalue weighted by Gasteiger charge is -2.34. The first-order chi connectivity index (χ1) is 10.2. The number of nitrogens with zero attached hydrogens (tertiary/aromatic N) is 1. The van der Waals surface area contributed by atoms with Gasteiger partial charge in [-0.3, -0.25) is 4.90 Å². The fraction of sp³-hybridized carbons (Fsp3) is 1.00. The van der Waals surface area contributed by atoms with Gasteiger partial charge >= 0.3 is 0 Å². The van der Waals surface area contributed by atoms with Crippen LogP contribution in [0.2, 0.25) is 0 Å². The largest absolute Gasteiger partial charge is 0.389 e. The van der Waals surface area contributed by atoms with Gasteiger partial charge in [0.1, 0.15) is 0 Å². The van der Waals surface area contributed by atoms with E-state index in [9.17, 15) is 5.11 Å². The Morgan fingerprint density at radius 1 is 1.14 bits per heavy atom. The Hall–Kier alpha value is -0.160. The number of likely N-dealkylation sites (tertiary alicyclic amines) is 1. The van der Waals surface area contributed by atoms with Crippen molar-refractivity contribution in [2.75, 3.05) is 32.9 Å². The Bertz CT molecular complexity index is 279. The van der Waals surface area contributed by atoms with E-state index in [2.05, 4.69) is 18.7 Å². The molecule has 0 aromatic heterocycles. The summed E-state index contributed by atoms with van der Waals surface area (Å²) >= 11 is 0. The van der Waals surface area contributed by atoms with Crippen LogP contribution in [-0.4, -0.2) is 61.2 Å². The molecule has 4 heteroatoms. The van der Waals surface area contributed by atoms with E-state index in [1.54, 1.807) is 0 Å². The quantitative estimate of drug-likeness (QED) is 0.818. The molecular weight excluding hydrogens is 266 g/mol. The molecule has 2 aliphatic rings. The third-order valence-corrected chi connectivity index (χ3v) is 4.82. The lowest BCUT2D eigenvalue weighted by molar-refractivity contribution is -0.0669. The summed E-state index contributed by atoms with van der Waals surface area (Å²) in [4.78, 5) is 2.50. The van der Waals surface area contributed by atoms with Crippen molar-refractivity contribution in [2.45, 2.75) is 70.6 Å². The van der Waals surface area contributed by atoms with Gasteiger partial charge in [-0.15, -0.1) is 0 Å². The lowest BCUT2D eigenvalue weighted by atomic mass is 9.98. The van der Waals surface area contributed by atoms with Crippen LogP contribution in [0.15, 0.2) is 0 Å². The first kappa shape index (κ1) is 17.2. The Balaban J connectivity index is 1.74. The maximum atomic E-state index is 10.3. The highest BCUT2D eigenvalue weighted by Crippen LogP contribution is 2.23. The predicted molar refractivity (Wildman–Crippen MR) is 84.5 cm³/mol. The van der Waals surface area contributed by atoms with E-state index >= 15 is 0 Å². The van der Waals surface area contributed by atoms with E-state index in [0.29, 0.717) is 18.6 Å². The van der Waals surface area contributed by atoms with Crippen LogP contribution >= 0.6 is 0 Å². The number of ether oxygens (including phenoxy) is 2. The lowest BCUT2D eigenvalue weighted by Crippen LogP contribution is -2.44. The number of aliphatic hydroxyl groups excluding tert-OH is 1. The maximum absolute atomic E-state index is 10.3. The van der Waals surface area contributed by atoms with E-state index in [-0.39, 0.29) is 12.2 Å². The summed E-state index contributed by atoms with van der Waals surface area (Å²) in [6.07, 6.45) is 7.02. The Kier molecular flexibility index (Phi) is 7.44. The summed E-state index contributed by atoms with van der Waals surface area (Å²) in [6, 6.07) is 0.616. The highest BCUT2D eigenvalue weighted by atomic mass is 16.5. The van der Waals surface area contributed by atoms with Crippen LogP contribution in [0.25, 0.3) is 0 Å². The van der Waals surface area contributed by atoms with Gasteiger partial charge in [-0.2, -0.15) is 0 Å². The van der Waals surface area contributed by atoms with Gasteiger partial charge in [0.05, 0.1) is 18.8 Å². The van der Waals surface area contributed by atoms with Crippen LogP contribution in [0.1, 0.15) is 52.4 Å². The second-order valence-corrected chi connectivity index (χ2v) is 6.95. The molecule has 0 radical (unpaired) electrons. The van der Waals surface area contributed by atoms with Crippen LogP contribution in [0.3, 0.4) is 0 Å². The van der Waals surface area contributed by atoms with Crippen molar-refractivity contribution < 1.29 is 14.6 Å². The highest BCUT2D eigenvalue weighted by molar-refractivity contribution is 4.80. The summed E-state index contributed by atoms with van der Waals surface area (Å²) < 4.78 is 11.2. The molecule has 2 fully saturated rings. The average Bonchev–Trinajstić information content (AvgIpc) is 2.72. The van der Waals surface area contributed by atoms with Crippen LogP contribution < -0.4 is 0 Å². The molecule has 0 amide bonds. The Morgan fingerprint density at radius 3 is 2.62 bits per heavy atom. The molecule has 2 rings (SSSR count). The van der Waals surface area contributed by atoms with Gasteiger partial charge < -0.3 is 14.6 Å². The second kappa shape index (κ2) is 9.09. The zero-order valence-electron chi connectivity index (χ0n) is 13.8. The molecule has 0 spiro atoms. The monoisotopic (exact) mass is 299 g/mol. The third-order valence-electron chi connectivity index (χ3n) is 4.82. The minimum atomic E-state index is -0.368. The highest BCUT2D eigenvalue weighted by Gasteiger charge is 2.26. The minimum Gasteiger partial charge on any atom is -0.389 e. The Labute approximate surface area is 129 Å². The molecule has 0 aliphatic carbocycles. The van der Waals surface area contributed by atoms with E-state index in [4.69, 9.17) is 9.47 Å². The molecule has 2 saturated heterocycles. The van der Waals surface area contributed by atoms with Crippen LogP contribution in [0.4, 0.5) is 0 Å². The van der Waals surface area contributed by atoms with E-state index in [1.165, 1.54) is 25.7 Å². The molecule has 2 unspecified atom stereocenters. The fourth-order valence-corrected chi connectivity index (χ4v) is 3.59. The SMILES string of the molecule is CC(C)C1CCCCCN1CC(O)COC1CCOCC1. The van der Waals surface area contributed by atoms with Crippen LogP contribution in [0.5, 0.6) is 0 Å². The molecule has 124 valence electrons. The molecule has 2 heterocycles. The molecule has 0 aromatic carbocycles. The number of hydrogen-bond acceptors (Lipinski definition) is 4. The summed E-state index contributed by atoms with van der Waals surface area (Å²) in [6.45, 7) is 8.53. The smallest absolute Gasteiger partial charge is 0.0900 e. The molecule has 0 saturated carbocycles. The zero-order valence-corrected chi connectivity index (χ0v) is 13.8. The van der Waals surface area contributed by atoms with Crippen molar-refractivity contribution in [3.05, 3.63) is 0 Å². The molecule has 4 nitrogen and oxygen atoms in total. The van der Waals surface area contributed by atoms with Gasteiger partial charge in [-0.1, -0.05) is 26.7 Å². The fourth-order valence-electron chi connectivity index (χ4n) is 3.59. The predicted octanol–water partition coefficient (Wildman–Crippen LogP) is 2.44. The zero-order chi connectivity index (χ0) is 15.1. The molecule has 2 atom stereocenters. The van der Waals surface area contributed by atoms with Crippen molar-refractivity contribution in [1.82, 2.24) is 4.90 Å². The number of hydrogen-bond donors (Lipinski definition) is 1. The van der Waals surface area contributed by atoms with Crippen molar-refractivity contribution in [1.29, 1.82) is 0 Å². The average molecular weight is 299 g/mol. The van der Waals surface area contributed by atoms with Gasteiger partial charge in [0.25, 0.3) is 0 Å². The third kappa shape index (κ3) is 5.85. The van der Waals surface area contributed by atoms with E-state index in [0.717, 1.165) is 39.1 Å². The first-order valence-electron chi connectivity index (χ1n) is 8.78. The summed E-state index contributed by atoms with van der Waals surface area (Å²) in [7, 11) is 0. The number of β-amino-alcohol motifs (C(OH)–C–C–N with tert-alkyl or cyclic N) is 1. The van der Waals surface area contributed by atoms with Crippen molar-refractivity contribution in [3.8, 4) is 0 Å². The van der Waals surface area contributed by atoms with E-state index < -0.39 is 0 Å². The van der Waals surface area contributed by atoms with Gasteiger partial charge in [-0.05, 0) is 38.1 Å². The second-order valence-electron chi connectivity index (χ2n) is 6.95. The summed E-state index contributed by atoms with van der Waals surface area (Å²) in [5, 5.41) is 10.3. The standard InChI is InChI=1S/C17H33NO3/c1-14(2)17-6-4-3-5-9-18(17)12-15(19)13-21-16-7-10-20-11-8-16/h14-17,19H,3-13H2,1-2H3. The molecular formula is C17H33NO3. The summed E-state index contributed by atoms with van der Waals surface area (Å²) in [5.74, 6) is 0.659. The van der Waals surface area contributed by atoms with Gasteiger partial charge in [-0.25, -0.2) is 0 Å². The number of aliphatic hydroxyl groups is 1. The number of rotatable bonds is 6. The Morgan fingerprint density at radius 2 is 1.90 bits per heavy atom. The molecule has 0 bridgehead atoms. The topological polar surface area (TPSA) is 41.9 Å². The first-order valence-corrected chi connectivity index (χ1v) is 8.78. The summed E-state index contributed by atoms with van der Waals surface area (Å²) in [5.41, 5.74) is 0. The normalized spacial score (nSPS) is 27.7. The van der Waals surface area contributed by atoms with E-state index in [1.807, 2.05) is 0 Å². The molecule has 2 aliphatic heterocycles. The maximum Gasteiger partial charge on any atom is 0.0900 e. The molecule has 1 N–H and O–H groups in total.